The van der Waals surface area contributed by atoms with Gasteiger partial charge < -0.3 is 35.8 Å². The number of ether oxygens (including phenoxy) is 1. The first-order valence-electron chi connectivity index (χ1n) is 18.4. The minimum atomic E-state index is -1.08. The fourth-order valence-corrected chi connectivity index (χ4v) is 10.7. The van der Waals surface area contributed by atoms with Crippen molar-refractivity contribution in [2.75, 3.05) is 6.54 Å². The van der Waals surface area contributed by atoms with Crippen LogP contribution in [0.15, 0.2) is 30.3 Å². The molecule has 0 radical (unpaired) electrons. The van der Waals surface area contributed by atoms with Gasteiger partial charge in [-0.1, -0.05) is 51.1 Å². The van der Waals surface area contributed by atoms with E-state index in [9.17, 15) is 34.8 Å². The lowest BCUT2D eigenvalue weighted by atomic mass is 9.43. The van der Waals surface area contributed by atoms with Crippen LogP contribution in [0.5, 0.6) is 0 Å². The Morgan fingerprint density at radius 2 is 1.71 bits per heavy atom. The molecule has 6 N–H and O–H groups in total. The third-order valence-corrected chi connectivity index (χ3v) is 13.4. The number of hydrogen-bond donors (Lipinski definition) is 6. The molecule has 10 nitrogen and oxygen atoms in total. The lowest BCUT2D eigenvalue weighted by Crippen LogP contribution is -2.62. The molecule has 5 rings (SSSR count). The van der Waals surface area contributed by atoms with Gasteiger partial charge in [0.15, 0.2) is 0 Å². The Bertz CT molecular complexity index is 1260. The van der Waals surface area contributed by atoms with Gasteiger partial charge in [0, 0.05) is 13.0 Å². The molecule has 1 aromatic carbocycles. The van der Waals surface area contributed by atoms with Gasteiger partial charge in [-0.15, -0.1) is 0 Å². The van der Waals surface area contributed by atoms with Crippen LogP contribution < -0.4 is 10.6 Å². The highest BCUT2D eigenvalue weighted by Crippen LogP contribution is 2.68. The number of aliphatic hydroxyl groups is 3. The summed E-state index contributed by atoms with van der Waals surface area (Å²) in [5.41, 5.74) is 0.571. The number of aliphatic carboxylic acids is 1. The Balaban J connectivity index is 1.07. The van der Waals surface area contributed by atoms with E-state index in [0.29, 0.717) is 32.2 Å². The van der Waals surface area contributed by atoms with Gasteiger partial charge in [-0.2, -0.15) is 0 Å². The molecule has 4 saturated carbocycles. The summed E-state index contributed by atoms with van der Waals surface area (Å²) >= 11 is 0. The molecule has 268 valence electrons. The first kappa shape index (κ1) is 36.6. The Morgan fingerprint density at radius 3 is 2.44 bits per heavy atom. The predicted molar refractivity (Wildman–Crippen MR) is 180 cm³/mol. The average molecular weight is 671 g/mol. The van der Waals surface area contributed by atoms with E-state index in [1.807, 2.05) is 30.3 Å². The Kier molecular flexibility index (Phi) is 11.8. The van der Waals surface area contributed by atoms with Crippen molar-refractivity contribution in [3.63, 3.8) is 0 Å². The molecule has 2 unspecified atom stereocenters. The fourth-order valence-electron chi connectivity index (χ4n) is 10.7. The third-order valence-electron chi connectivity index (χ3n) is 13.4. The highest BCUT2D eigenvalue weighted by Gasteiger charge is 2.65. The van der Waals surface area contributed by atoms with E-state index < -0.39 is 30.3 Å². The molecule has 0 spiro atoms. The van der Waals surface area contributed by atoms with Gasteiger partial charge in [0.05, 0.1) is 18.3 Å². The molecule has 0 bridgehead atoms. The minimum absolute atomic E-state index is 0.0266. The summed E-state index contributed by atoms with van der Waals surface area (Å²) in [5.74, 6) is -0.131. The van der Waals surface area contributed by atoms with Crippen molar-refractivity contribution in [3.05, 3.63) is 35.9 Å². The van der Waals surface area contributed by atoms with Gasteiger partial charge in [-0.05, 0) is 123 Å². The standard InChI is InChI=1S/C38H58N2O8/c1-23(12-15-33(44)40-30(35(45)46)11-7-8-18-39-36(47)48-22-24-9-5-4-6-10-24)27-13-14-28-34-29(21-32(43)38(27,28)3)37(2)17-16-26(41)19-25(37)20-31(34)42/h4-6,9-10,23,25-32,34,41-43H,7-8,11-22H2,1-3H3,(H,39,47)(H,40,44)(H,45,46)/t23-,25+,26-,27-,28?,29+,30?,31-,32+,34+,37+,38-/m1/s1. The van der Waals surface area contributed by atoms with Crippen molar-refractivity contribution in [1.82, 2.24) is 10.6 Å². The summed E-state index contributed by atoms with van der Waals surface area (Å²) in [7, 11) is 0. The number of aliphatic hydroxyl groups excluding tert-OH is 3. The molecule has 0 saturated heterocycles. The molecule has 10 heteroatoms. The molecule has 12 atom stereocenters. The van der Waals surface area contributed by atoms with Crippen molar-refractivity contribution < 1.29 is 39.5 Å². The van der Waals surface area contributed by atoms with Crippen LogP contribution in [0.1, 0.15) is 103 Å². The summed E-state index contributed by atoms with van der Waals surface area (Å²) in [5, 5.41) is 48.8. The first-order valence-corrected chi connectivity index (χ1v) is 18.4. The number of carbonyl (C=O) groups excluding carboxylic acids is 2. The van der Waals surface area contributed by atoms with Gasteiger partial charge in [0.25, 0.3) is 0 Å². The molecule has 48 heavy (non-hydrogen) atoms. The monoisotopic (exact) mass is 670 g/mol. The summed E-state index contributed by atoms with van der Waals surface area (Å²) in [4.78, 5) is 36.8. The minimum Gasteiger partial charge on any atom is -0.480 e. The SMILES string of the molecule is C[C@H](CCC(=O)NC(CCCCNC(=O)OCc1ccccc1)C(=O)O)[C@H]1CCC2[C@@H]3[C@H](O)C[C@@H]4C[C@H](O)CC[C@]4(C)[C@H]3C[C@H](O)[C@@]21C. The van der Waals surface area contributed by atoms with Crippen LogP contribution >= 0.6 is 0 Å². The Labute approximate surface area is 285 Å². The Morgan fingerprint density at radius 1 is 0.958 bits per heavy atom. The number of benzene rings is 1. The zero-order valence-corrected chi connectivity index (χ0v) is 29.0. The smallest absolute Gasteiger partial charge is 0.407 e. The van der Waals surface area contributed by atoms with Crippen molar-refractivity contribution >= 4 is 18.0 Å². The second kappa shape index (κ2) is 15.5. The number of carboxylic acid groups (broad SMARTS) is 1. The zero-order chi connectivity index (χ0) is 34.6. The Hall–Kier alpha value is -2.69. The summed E-state index contributed by atoms with van der Waals surface area (Å²) < 4.78 is 5.19. The summed E-state index contributed by atoms with van der Waals surface area (Å²) in [6, 6.07) is 8.38. The van der Waals surface area contributed by atoms with Gasteiger partial charge in [-0.25, -0.2) is 9.59 Å². The molecule has 4 aliphatic carbocycles. The van der Waals surface area contributed by atoms with Crippen LogP contribution in [-0.4, -0.2) is 69.3 Å². The number of hydrogen-bond acceptors (Lipinski definition) is 7. The number of nitrogens with one attached hydrogen (secondary N) is 2. The van der Waals surface area contributed by atoms with E-state index in [-0.39, 0.29) is 77.8 Å². The van der Waals surface area contributed by atoms with E-state index in [0.717, 1.165) is 44.1 Å². The predicted octanol–water partition coefficient (Wildman–Crippen LogP) is 5.03. The van der Waals surface area contributed by atoms with Gasteiger partial charge in [-0.3, -0.25) is 4.79 Å². The van der Waals surface area contributed by atoms with Gasteiger partial charge in [0.1, 0.15) is 12.6 Å². The molecular weight excluding hydrogens is 612 g/mol. The molecule has 1 aromatic rings. The van der Waals surface area contributed by atoms with Crippen LogP contribution in [0.3, 0.4) is 0 Å². The largest absolute Gasteiger partial charge is 0.480 e. The average Bonchev–Trinajstić information content (AvgIpc) is 3.42. The highest BCUT2D eigenvalue weighted by atomic mass is 16.5. The van der Waals surface area contributed by atoms with Crippen molar-refractivity contribution in [2.24, 2.45) is 46.3 Å². The molecule has 0 aliphatic heterocycles. The lowest BCUT2D eigenvalue weighted by Gasteiger charge is -2.63. The van der Waals surface area contributed by atoms with Crippen LogP contribution in [0.2, 0.25) is 0 Å². The first-order chi connectivity index (χ1) is 22.8. The second-order valence-corrected chi connectivity index (χ2v) is 16.0. The topological polar surface area (TPSA) is 165 Å². The molecular formula is C38H58N2O8. The molecule has 2 amide bonds. The van der Waals surface area contributed by atoms with Crippen LogP contribution in [0.25, 0.3) is 0 Å². The van der Waals surface area contributed by atoms with E-state index >= 15 is 0 Å². The lowest BCUT2D eigenvalue weighted by molar-refractivity contribution is -0.207. The maximum absolute atomic E-state index is 12.9. The van der Waals surface area contributed by atoms with E-state index in [4.69, 9.17) is 4.74 Å². The number of alkyl carbamates (subject to hydrolysis) is 1. The maximum atomic E-state index is 12.9. The molecule has 4 aliphatic rings. The van der Waals surface area contributed by atoms with E-state index in [2.05, 4.69) is 31.4 Å². The molecule has 0 aromatic heterocycles. The van der Waals surface area contributed by atoms with Crippen LogP contribution in [0.4, 0.5) is 4.79 Å². The van der Waals surface area contributed by atoms with E-state index in [1.165, 1.54) is 0 Å². The normalized spacial score (nSPS) is 36.9. The molecule has 4 fully saturated rings. The highest BCUT2D eigenvalue weighted by molar-refractivity contribution is 5.83. The van der Waals surface area contributed by atoms with E-state index in [1.54, 1.807) is 0 Å². The fraction of sp³-hybridized carbons (Fsp3) is 0.763. The summed E-state index contributed by atoms with van der Waals surface area (Å²) in [6.45, 7) is 7.21. The van der Waals surface area contributed by atoms with Crippen molar-refractivity contribution in [2.45, 2.75) is 129 Å². The number of carboxylic acids is 1. The van der Waals surface area contributed by atoms with Crippen molar-refractivity contribution in [1.29, 1.82) is 0 Å². The quantitative estimate of drug-likeness (QED) is 0.159. The summed E-state index contributed by atoms with van der Waals surface area (Å²) in [6.07, 6.45) is 6.17. The van der Waals surface area contributed by atoms with Gasteiger partial charge in [0.2, 0.25) is 5.91 Å². The number of fused-ring (bicyclic) bond motifs is 5. The number of amides is 2. The van der Waals surface area contributed by atoms with Crippen LogP contribution in [0, 0.1) is 46.3 Å². The number of unbranched alkanes of at least 4 members (excludes halogenated alkanes) is 1. The van der Waals surface area contributed by atoms with Crippen LogP contribution in [-0.2, 0) is 20.9 Å². The van der Waals surface area contributed by atoms with Gasteiger partial charge >= 0.3 is 12.1 Å². The number of carbonyl (C=O) groups is 3. The van der Waals surface area contributed by atoms with Crippen molar-refractivity contribution in [3.8, 4) is 0 Å². The third kappa shape index (κ3) is 7.71. The zero-order valence-electron chi connectivity index (χ0n) is 29.0. The molecule has 0 heterocycles. The second-order valence-electron chi connectivity index (χ2n) is 16.0. The number of rotatable bonds is 13. The maximum Gasteiger partial charge on any atom is 0.407 e.